The zero-order valence-corrected chi connectivity index (χ0v) is 18.3. The number of carbonyl (C=O) groups excluding carboxylic acids is 4. The maximum Gasteiger partial charge on any atom is 0.244 e. The summed E-state index contributed by atoms with van der Waals surface area (Å²) in [6, 6.07) is -1.73. The molecule has 29 heavy (non-hydrogen) atoms. The molecule has 10 nitrogen and oxygen atoms in total. The van der Waals surface area contributed by atoms with Gasteiger partial charge in [-0.3, -0.25) is 24.4 Å². The second kappa shape index (κ2) is 12.4. The summed E-state index contributed by atoms with van der Waals surface area (Å²) in [7, 11) is 0. The summed E-state index contributed by atoms with van der Waals surface area (Å²) < 4.78 is 0. The van der Waals surface area contributed by atoms with Crippen LogP contribution in [0.3, 0.4) is 0 Å². The third-order valence-electron chi connectivity index (χ3n) is 4.29. The second-order valence-electron chi connectivity index (χ2n) is 8.68. The van der Waals surface area contributed by atoms with Gasteiger partial charge in [-0.2, -0.15) is 0 Å². The number of amides is 4. The van der Waals surface area contributed by atoms with Crippen molar-refractivity contribution in [2.45, 2.75) is 66.5 Å². The predicted octanol–water partition coefficient (Wildman–Crippen LogP) is -0.345. The van der Waals surface area contributed by atoms with Gasteiger partial charge in [0.25, 0.3) is 0 Å². The van der Waals surface area contributed by atoms with Crippen LogP contribution in [-0.2, 0) is 19.2 Å². The van der Waals surface area contributed by atoms with Crippen molar-refractivity contribution in [2.24, 2.45) is 23.0 Å². The highest BCUT2D eigenvalue weighted by Gasteiger charge is 2.36. The molecule has 0 aliphatic heterocycles. The third kappa shape index (κ3) is 10.2. The van der Waals surface area contributed by atoms with E-state index < -0.39 is 41.1 Å². The van der Waals surface area contributed by atoms with E-state index >= 15 is 0 Å². The summed E-state index contributed by atoms with van der Waals surface area (Å²) in [5.74, 6) is -2.59. The minimum absolute atomic E-state index is 0.130. The Morgan fingerprint density at radius 1 is 0.966 bits per heavy atom. The lowest BCUT2D eigenvalue weighted by Gasteiger charge is -2.32. The number of nitrogens with one attached hydrogen (secondary N) is 4. The molecule has 3 atom stereocenters. The molecular formula is C19H37N5O5. The molecule has 7 N–H and O–H groups in total. The summed E-state index contributed by atoms with van der Waals surface area (Å²) in [6.45, 7) is 11.3. The van der Waals surface area contributed by atoms with Crippen LogP contribution in [0, 0.1) is 17.3 Å². The van der Waals surface area contributed by atoms with E-state index in [2.05, 4.69) is 16.0 Å². The van der Waals surface area contributed by atoms with Gasteiger partial charge < -0.3 is 21.7 Å². The number of hydrogen-bond donors (Lipinski definition) is 6. The first-order valence-electron chi connectivity index (χ1n) is 9.84. The van der Waals surface area contributed by atoms with Gasteiger partial charge in [-0.25, -0.2) is 5.48 Å². The third-order valence-corrected chi connectivity index (χ3v) is 4.29. The highest BCUT2D eigenvalue weighted by Crippen LogP contribution is 2.22. The molecule has 2 unspecified atom stereocenters. The number of nitrogens with two attached hydrogens (primary N) is 1. The Balaban J connectivity index is 5.30. The molecule has 0 aliphatic rings. The fourth-order valence-corrected chi connectivity index (χ4v) is 2.77. The Morgan fingerprint density at radius 2 is 1.55 bits per heavy atom. The average Bonchev–Trinajstić information content (AvgIpc) is 2.61. The lowest BCUT2D eigenvalue weighted by molar-refractivity contribution is -0.138. The zero-order valence-electron chi connectivity index (χ0n) is 18.3. The molecule has 0 aromatic carbocycles. The molecule has 0 saturated heterocycles. The molecule has 10 heteroatoms. The van der Waals surface area contributed by atoms with Crippen molar-refractivity contribution in [3.05, 3.63) is 0 Å². The number of hydroxylamine groups is 1. The van der Waals surface area contributed by atoms with Crippen molar-refractivity contribution < 1.29 is 24.4 Å². The maximum atomic E-state index is 12.8. The van der Waals surface area contributed by atoms with Crippen LogP contribution >= 0.6 is 0 Å². The van der Waals surface area contributed by atoms with Crippen molar-refractivity contribution >= 4 is 23.6 Å². The maximum absolute atomic E-state index is 12.8. The van der Waals surface area contributed by atoms with Crippen LogP contribution in [0.25, 0.3) is 0 Å². The van der Waals surface area contributed by atoms with Gasteiger partial charge in [0, 0.05) is 25.4 Å². The summed E-state index contributed by atoms with van der Waals surface area (Å²) in [5, 5.41) is 16.7. The van der Waals surface area contributed by atoms with Crippen molar-refractivity contribution in [1.82, 2.24) is 21.4 Å². The van der Waals surface area contributed by atoms with Gasteiger partial charge in [-0.15, -0.1) is 0 Å². The molecule has 0 aromatic heterocycles. The molecule has 0 rings (SSSR count). The summed E-state index contributed by atoms with van der Waals surface area (Å²) in [4.78, 5) is 49.1. The number of carbonyl (C=O) groups is 4. The molecule has 0 aliphatic carbocycles. The van der Waals surface area contributed by atoms with Crippen LogP contribution < -0.4 is 27.2 Å². The lowest BCUT2D eigenvalue weighted by atomic mass is 9.84. The zero-order chi connectivity index (χ0) is 22.8. The van der Waals surface area contributed by atoms with Crippen LogP contribution in [0.2, 0.25) is 0 Å². The Bertz CT molecular complexity index is 574. The van der Waals surface area contributed by atoms with Crippen LogP contribution in [0.15, 0.2) is 0 Å². The normalized spacial score (nSPS) is 14.5. The first kappa shape index (κ1) is 26.8. The smallest absolute Gasteiger partial charge is 0.244 e. The van der Waals surface area contributed by atoms with Crippen molar-refractivity contribution in [3.8, 4) is 0 Å². The van der Waals surface area contributed by atoms with E-state index in [1.807, 2.05) is 13.8 Å². The Labute approximate surface area is 172 Å². The van der Waals surface area contributed by atoms with E-state index in [0.717, 1.165) is 0 Å². The Hall–Kier alpha value is -2.20. The molecular weight excluding hydrogens is 378 g/mol. The van der Waals surface area contributed by atoms with E-state index in [4.69, 9.17) is 10.9 Å². The standard InChI is InChI=1S/C19H37N5O5/c1-11(2)9-13(10-14(25)24-29)17(27)23-15(19(4,5)6)18(28)22-12(3)16(26)21-8-7-20/h11-13,15,29H,7-10,20H2,1-6H3,(H,21,26)(H,22,28)(H,23,27)(H,24,25)/t12?,13-,15?/m1/s1. The van der Waals surface area contributed by atoms with Gasteiger partial charge in [-0.05, 0) is 24.7 Å². The molecule has 0 spiro atoms. The SMILES string of the molecule is CC(C)C[C@H](CC(=O)NO)C(=O)NC(C(=O)NC(C)C(=O)NCCN)C(C)(C)C. The minimum Gasteiger partial charge on any atom is -0.353 e. The molecule has 0 fully saturated rings. The van der Waals surface area contributed by atoms with Crippen LogP contribution in [0.1, 0.15) is 54.4 Å². The van der Waals surface area contributed by atoms with Gasteiger partial charge in [0.05, 0.1) is 0 Å². The molecule has 0 radical (unpaired) electrons. The van der Waals surface area contributed by atoms with Crippen molar-refractivity contribution in [1.29, 1.82) is 0 Å². The topological polar surface area (TPSA) is 163 Å². The van der Waals surface area contributed by atoms with E-state index in [9.17, 15) is 19.2 Å². The summed E-state index contributed by atoms with van der Waals surface area (Å²) in [6.07, 6.45) is 0.215. The van der Waals surface area contributed by atoms with Crippen LogP contribution in [0.4, 0.5) is 0 Å². The molecule has 168 valence electrons. The van der Waals surface area contributed by atoms with Crippen LogP contribution in [0.5, 0.6) is 0 Å². The highest BCUT2D eigenvalue weighted by atomic mass is 16.5. The average molecular weight is 416 g/mol. The van der Waals surface area contributed by atoms with E-state index in [0.29, 0.717) is 13.0 Å². The van der Waals surface area contributed by atoms with E-state index in [1.165, 1.54) is 5.48 Å². The summed E-state index contributed by atoms with van der Waals surface area (Å²) >= 11 is 0. The number of hydrogen-bond acceptors (Lipinski definition) is 6. The molecule has 0 saturated carbocycles. The number of rotatable bonds is 11. The molecule has 0 aromatic rings. The Kier molecular flexibility index (Phi) is 11.4. The minimum atomic E-state index is -0.924. The monoisotopic (exact) mass is 415 g/mol. The van der Waals surface area contributed by atoms with Gasteiger partial charge in [0.2, 0.25) is 23.6 Å². The predicted molar refractivity (Wildman–Crippen MR) is 109 cm³/mol. The van der Waals surface area contributed by atoms with Gasteiger partial charge in [-0.1, -0.05) is 34.6 Å². The molecule has 0 heterocycles. The fourth-order valence-electron chi connectivity index (χ4n) is 2.77. The largest absolute Gasteiger partial charge is 0.353 e. The second-order valence-corrected chi connectivity index (χ2v) is 8.68. The first-order chi connectivity index (χ1) is 13.3. The van der Waals surface area contributed by atoms with E-state index in [-0.39, 0.29) is 24.8 Å². The van der Waals surface area contributed by atoms with Gasteiger partial charge in [0.15, 0.2) is 0 Å². The van der Waals surface area contributed by atoms with Crippen molar-refractivity contribution in [2.75, 3.05) is 13.1 Å². The van der Waals surface area contributed by atoms with Crippen LogP contribution in [-0.4, -0.2) is 54.0 Å². The van der Waals surface area contributed by atoms with E-state index in [1.54, 1.807) is 27.7 Å². The lowest BCUT2D eigenvalue weighted by Crippen LogP contribution is -2.58. The highest BCUT2D eigenvalue weighted by molar-refractivity contribution is 5.93. The van der Waals surface area contributed by atoms with Gasteiger partial charge >= 0.3 is 0 Å². The first-order valence-corrected chi connectivity index (χ1v) is 9.84. The van der Waals surface area contributed by atoms with Crippen molar-refractivity contribution in [3.63, 3.8) is 0 Å². The Morgan fingerprint density at radius 3 is 2.00 bits per heavy atom. The quantitative estimate of drug-likeness (QED) is 0.200. The molecule has 0 bridgehead atoms. The van der Waals surface area contributed by atoms with Gasteiger partial charge in [0.1, 0.15) is 12.1 Å². The molecule has 4 amide bonds. The summed E-state index contributed by atoms with van der Waals surface area (Å²) in [5.41, 5.74) is 6.24. The fraction of sp³-hybridized carbons (Fsp3) is 0.789.